The van der Waals surface area contributed by atoms with E-state index in [1.165, 1.54) is 0 Å². The summed E-state index contributed by atoms with van der Waals surface area (Å²) in [6.07, 6.45) is 3.42. The molecule has 0 aliphatic heterocycles. The van der Waals surface area contributed by atoms with E-state index in [1.54, 1.807) is 6.26 Å². The first kappa shape index (κ1) is 24.3. The standard InChI is InChI=1S/C23H34N4O4/c1-4-12-24-22(28)16-26-23(25-13-6-14-29-17-21-7-5-15-30-21)27-19-8-10-20(11-9-19)31-18(2)3/h5,7-11,15,18H,4,6,12-14,16-17H2,1-3H3,(H,24,28)(H2,25,26,27). The van der Waals surface area contributed by atoms with Crippen LogP contribution in [0.15, 0.2) is 52.1 Å². The van der Waals surface area contributed by atoms with E-state index in [1.807, 2.05) is 57.2 Å². The molecule has 0 atom stereocenters. The van der Waals surface area contributed by atoms with Crippen LogP contribution in [0.1, 0.15) is 39.4 Å². The number of carbonyl (C=O) groups excluding carboxylic acids is 1. The molecule has 1 aromatic heterocycles. The summed E-state index contributed by atoms with van der Waals surface area (Å²) in [6.45, 7) is 8.38. The Balaban J connectivity index is 1.83. The zero-order chi connectivity index (χ0) is 22.3. The largest absolute Gasteiger partial charge is 0.491 e. The van der Waals surface area contributed by atoms with Crippen LogP contribution in [0.2, 0.25) is 0 Å². The SMILES string of the molecule is CCCNC(=O)CN=C(NCCCOCc1ccco1)Nc1ccc(OC(C)C)cc1. The number of anilines is 1. The number of nitrogens with one attached hydrogen (secondary N) is 3. The minimum atomic E-state index is -0.106. The number of carbonyl (C=O) groups is 1. The van der Waals surface area contributed by atoms with Crippen LogP contribution in [-0.4, -0.2) is 44.2 Å². The van der Waals surface area contributed by atoms with Crippen molar-refractivity contribution in [2.45, 2.75) is 46.3 Å². The van der Waals surface area contributed by atoms with Gasteiger partial charge >= 0.3 is 0 Å². The van der Waals surface area contributed by atoms with Crippen LogP contribution >= 0.6 is 0 Å². The number of amides is 1. The van der Waals surface area contributed by atoms with E-state index < -0.39 is 0 Å². The zero-order valence-corrected chi connectivity index (χ0v) is 18.6. The monoisotopic (exact) mass is 430 g/mol. The molecular weight excluding hydrogens is 396 g/mol. The Bertz CT molecular complexity index is 773. The van der Waals surface area contributed by atoms with Crippen molar-refractivity contribution >= 4 is 17.6 Å². The number of ether oxygens (including phenoxy) is 2. The molecular formula is C23H34N4O4. The van der Waals surface area contributed by atoms with Gasteiger partial charge in [-0.25, -0.2) is 4.99 Å². The Morgan fingerprint density at radius 1 is 1.13 bits per heavy atom. The molecule has 3 N–H and O–H groups in total. The van der Waals surface area contributed by atoms with Gasteiger partial charge in [-0.05, 0) is 63.1 Å². The highest BCUT2D eigenvalue weighted by Crippen LogP contribution is 2.16. The maximum atomic E-state index is 11.9. The van der Waals surface area contributed by atoms with Crippen LogP contribution in [0.4, 0.5) is 5.69 Å². The van der Waals surface area contributed by atoms with Gasteiger partial charge in [-0.15, -0.1) is 0 Å². The molecule has 0 aliphatic rings. The van der Waals surface area contributed by atoms with E-state index in [0.29, 0.717) is 32.3 Å². The summed E-state index contributed by atoms with van der Waals surface area (Å²) < 4.78 is 16.5. The second kappa shape index (κ2) is 14.1. The van der Waals surface area contributed by atoms with Crippen molar-refractivity contribution in [3.63, 3.8) is 0 Å². The Hall–Kier alpha value is -3.00. The number of hydrogen-bond acceptors (Lipinski definition) is 5. The second-order valence-corrected chi connectivity index (χ2v) is 7.24. The lowest BCUT2D eigenvalue weighted by molar-refractivity contribution is -0.119. The lowest BCUT2D eigenvalue weighted by atomic mass is 10.3. The first-order chi connectivity index (χ1) is 15.1. The van der Waals surface area contributed by atoms with Gasteiger partial charge in [0.15, 0.2) is 5.96 Å². The summed E-state index contributed by atoms with van der Waals surface area (Å²) in [5.74, 6) is 2.04. The smallest absolute Gasteiger partial charge is 0.241 e. The average Bonchev–Trinajstić information content (AvgIpc) is 3.27. The molecule has 1 heterocycles. The number of hydrogen-bond donors (Lipinski definition) is 3. The number of guanidine groups is 1. The van der Waals surface area contributed by atoms with E-state index >= 15 is 0 Å². The fourth-order valence-corrected chi connectivity index (χ4v) is 2.59. The van der Waals surface area contributed by atoms with Gasteiger partial charge in [-0.2, -0.15) is 0 Å². The third kappa shape index (κ3) is 10.5. The molecule has 8 nitrogen and oxygen atoms in total. The molecule has 0 aliphatic carbocycles. The second-order valence-electron chi connectivity index (χ2n) is 7.24. The van der Waals surface area contributed by atoms with Crippen LogP contribution in [0.25, 0.3) is 0 Å². The Kier molecular flexibility index (Phi) is 11.0. The summed E-state index contributed by atoms with van der Waals surface area (Å²) in [5, 5.41) is 9.30. The van der Waals surface area contributed by atoms with Crippen LogP contribution in [0.5, 0.6) is 5.75 Å². The minimum Gasteiger partial charge on any atom is -0.491 e. The quantitative estimate of drug-likeness (QED) is 0.255. The molecule has 0 fully saturated rings. The third-order valence-electron chi connectivity index (χ3n) is 4.02. The van der Waals surface area contributed by atoms with E-state index in [9.17, 15) is 4.79 Å². The van der Waals surface area contributed by atoms with E-state index in [-0.39, 0.29) is 18.6 Å². The van der Waals surface area contributed by atoms with Crippen LogP contribution in [0.3, 0.4) is 0 Å². The van der Waals surface area contributed by atoms with Gasteiger partial charge in [0.1, 0.15) is 24.7 Å². The van der Waals surface area contributed by atoms with Crippen molar-refractivity contribution in [1.29, 1.82) is 0 Å². The predicted octanol–water partition coefficient (Wildman–Crippen LogP) is 3.56. The molecule has 1 aromatic carbocycles. The van der Waals surface area contributed by atoms with Gasteiger partial charge in [0.25, 0.3) is 0 Å². The zero-order valence-electron chi connectivity index (χ0n) is 18.6. The molecule has 0 bridgehead atoms. The first-order valence-corrected chi connectivity index (χ1v) is 10.8. The minimum absolute atomic E-state index is 0.0544. The molecule has 2 aromatic rings. The number of furan rings is 1. The summed E-state index contributed by atoms with van der Waals surface area (Å²) in [4.78, 5) is 16.3. The van der Waals surface area contributed by atoms with Gasteiger partial charge in [-0.1, -0.05) is 6.92 Å². The molecule has 0 saturated carbocycles. The Labute approximate surface area is 184 Å². The average molecular weight is 431 g/mol. The van der Waals surface area contributed by atoms with Gasteiger partial charge in [0.05, 0.1) is 12.4 Å². The molecule has 0 saturated heterocycles. The first-order valence-electron chi connectivity index (χ1n) is 10.8. The van der Waals surface area contributed by atoms with Gasteiger partial charge in [0, 0.05) is 25.4 Å². The number of nitrogens with zero attached hydrogens (tertiary/aromatic N) is 1. The number of benzene rings is 1. The van der Waals surface area contributed by atoms with Crippen molar-refractivity contribution in [2.75, 3.05) is 31.6 Å². The third-order valence-corrected chi connectivity index (χ3v) is 4.02. The molecule has 0 unspecified atom stereocenters. The predicted molar refractivity (Wildman–Crippen MR) is 122 cm³/mol. The maximum absolute atomic E-state index is 11.9. The van der Waals surface area contributed by atoms with Gasteiger partial charge in [0.2, 0.25) is 5.91 Å². The van der Waals surface area contributed by atoms with E-state index in [2.05, 4.69) is 20.9 Å². The molecule has 170 valence electrons. The Morgan fingerprint density at radius 3 is 2.61 bits per heavy atom. The van der Waals surface area contributed by atoms with Crippen LogP contribution in [-0.2, 0) is 16.1 Å². The fourth-order valence-electron chi connectivity index (χ4n) is 2.59. The number of rotatable bonds is 13. The highest BCUT2D eigenvalue weighted by atomic mass is 16.5. The van der Waals surface area contributed by atoms with Crippen molar-refractivity contribution in [3.05, 3.63) is 48.4 Å². The number of aliphatic imine (C=N–C) groups is 1. The highest BCUT2D eigenvalue weighted by molar-refractivity contribution is 5.95. The molecule has 2 rings (SSSR count). The van der Waals surface area contributed by atoms with Crippen molar-refractivity contribution in [3.8, 4) is 5.75 Å². The Morgan fingerprint density at radius 2 is 1.94 bits per heavy atom. The summed E-state index contributed by atoms with van der Waals surface area (Å²) in [5.41, 5.74) is 0.852. The molecule has 8 heteroatoms. The van der Waals surface area contributed by atoms with Crippen molar-refractivity contribution in [2.24, 2.45) is 4.99 Å². The van der Waals surface area contributed by atoms with Crippen molar-refractivity contribution in [1.82, 2.24) is 10.6 Å². The highest BCUT2D eigenvalue weighted by Gasteiger charge is 2.05. The molecule has 31 heavy (non-hydrogen) atoms. The molecule has 1 amide bonds. The summed E-state index contributed by atoms with van der Waals surface area (Å²) in [6, 6.07) is 11.4. The fraction of sp³-hybridized carbons (Fsp3) is 0.478. The normalized spacial score (nSPS) is 11.4. The molecule has 0 radical (unpaired) electrons. The van der Waals surface area contributed by atoms with E-state index in [4.69, 9.17) is 13.9 Å². The topological polar surface area (TPSA) is 97.1 Å². The van der Waals surface area contributed by atoms with Crippen LogP contribution in [0, 0.1) is 0 Å². The maximum Gasteiger partial charge on any atom is 0.241 e. The van der Waals surface area contributed by atoms with E-state index in [0.717, 1.165) is 30.0 Å². The lowest BCUT2D eigenvalue weighted by Crippen LogP contribution is -2.34. The summed E-state index contributed by atoms with van der Waals surface area (Å²) >= 11 is 0. The van der Waals surface area contributed by atoms with Gasteiger partial charge < -0.3 is 29.8 Å². The van der Waals surface area contributed by atoms with Gasteiger partial charge in [-0.3, -0.25) is 4.79 Å². The van der Waals surface area contributed by atoms with Crippen molar-refractivity contribution < 1.29 is 18.7 Å². The molecule has 0 spiro atoms. The lowest BCUT2D eigenvalue weighted by Gasteiger charge is -2.14. The van der Waals surface area contributed by atoms with Crippen LogP contribution < -0.4 is 20.7 Å². The summed E-state index contributed by atoms with van der Waals surface area (Å²) in [7, 11) is 0.